The van der Waals surface area contributed by atoms with E-state index in [1.807, 2.05) is 0 Å². The fourth-order valence-corrected chi connectivity index (χ4v) is 4.23. The van der Waals surface area contributed by atoms with Crippen LogP contribution in [0.15, 0.2) is 42.5 Å². The van der Waals surface area contributed by atoms with Crippen LogP contribution in [0.4, 0.5) is 0 Å². The molecular weight excluding hydrogens is 268 g/mol. The maximum atomic E-state index is 5.46. The Morgan fingerprint density at radius 3 is 2.59 bits per heavy atom. The van der Waals surface area contributed by atoms with Crippen LogP contribution in [0, 0.1) is 5.92 Å². The molecule has 0 saturated carbocycles. The van der Waals surface area contributed by atoms with Crippen LogP contribution in [-0.4, -0.2) is 7.11 Å². The van der Waals surface area contributed by atoms with Crippen LogP contribution in [0.25, 0.3) is 11.6 Å². The average molecular weight is 290 g/mol. The van der Waals surface area contributed by atoms with E-state index in [0.29, 0.717) is 11.8 Å². The van der Waals surface area contributed by atoms with Crippen LogP contribution < -0.4 is 4.74 Å². The highest BCUT2D eigenvalue weighted by molar-refractivity contribution is 5.94. The Morgan fingerprint density at radius 1 is 1.05 bits per heavy atom. The highest BCUT2D eigenvalue weighted by Gasteiger charge is 2.45. The molecule has 0 bridgehead atoms. The van der Waals surface area contributed by atoms with Gasteiger partial charge in [0.05, 0.1) is 7.11 Å². The molecule has 2 aliphatic carbocycles. The number of hydrogen-bond acceptors (Lipinski definition) is 1. The van der Waals surface area contributed by atoms with Crippen LogP contribution in [-0.2, 0) is 5.41 Å². The van der Waals surface area contributed by atoms with Gasteiger partial charge < -0.3 is 4.74 Å². The molecule has 0 saturated heterocycles. The van der Waals surface area contributed by atoms with Gasteiger partial charge in [-0.25, -0.2) is 0 Å². The summed E-state index contributed by atoms with van der Waals surface area (Å²) < 4.78 is 5.46. The molecular formula is C21H22O. The third kappa shape index (κ3) is 1.65. The molecule has 0 radical (unpaired) electrons. The summed E-state index contributed by atoms with van der Waals surface area (Å²) in [6.45, 7) is 7.13. The highest BCUT2D eigenvalue weighted by Crippen LogP contribution is 2.57. The van der Waals surface area contributed by atoms with Crippen molar-refractivity contribution in [3.63, 3.8) is 0 Å². The lowest BCUT2D eigenvalue weighted by Crippen LogP contribution is -2.36. The molecule has 1 heteroatoms. The van der Waals surface area contributed by atoms with E-state index in [9.17, 15) is 0 Å². The first-order chi connectivity index (χ1) is 10.5. The van der Waals surface area contributed by atoms with Gasteiger partial charge in [0.15, 0.2) is 0 Å². The third-order valence-corrected chi connectivity index (χ3v) is 5.85. The van der Waals surface area contributed by atoms with Crippen molar-refractivity contribution in [3.05, 3.63) is 64.7 Å². The Balaban J connectivity index is 1.98. The first-order valence-corrected chi connectivity index (χ1v) is 8.03. The predicted molar refractivity (Wildman–Crippen MR) is 92.2 cm³/mol. The topological polar surface area (TPSA) is 9.23 Å². The standard InChI is InChI=1S/C21H22O/c1-13-20-16-8-6-5-7-14(16)11-18(20)17-10-9-15(22-4)12-19(17)21(13,2)3/h5-13,20H,1-4H3/t13-,20-/m0/s1. The predicted octanol–water partition coefficient (Wildman–Crippen LogP) is 5.26. The monoisotopic (exact) mass is 290 g/mol. The zero-order valence-electron chi connectivity index (χ0n) is 13.7. The van der Waals surface area contributed by atoms with Crippen molar-refractivity contribution in [2.75, 3.05) is 7.11 Å². The fraction of sp³-hybridized carbons (Fsp3) is 0.333. The molecule has 0 spiro atoms. The van der Waals surface area contributed by atoms with E-state index in [1.54, 1.807) is 7.11 Å². The lowest BCUT2D eigenvalue weighted by Gasteiger charge is -2.44. The number of fused-ring (bicyclic) bond motifs is 5. The van der Waals surface area contributed by atoms with Crippen molar-refractivity contribution in [3.8, 4) is 5.75 Å². The van der Waals surface area contributed by atoms with Gasteiger partial charge >= 0.3 is 0 Å². The quantitative estimate of drug-likeness (QED) is 0.696. The molecule has 2 aromatic carbocycles. The summed E-state index contributed by atoms with van der Waals surface area (Å²) in [4.78, 5) is 0. The Morgan fingerprint density at radius 2 is 1.82 bits per heavy atom. The molecule has 0 aliphatic heterocycles. The largest absolute Gasteiger partial charge is 0.497 e. The first-order valence-electron chi connectivity index (χ1n) is 8.03. The molecule has 0 fully saturated rings. The van der Waals surface area contributed by atoms with Gasteiger partial charge in [-0.2, -0.15) is 0 Å². The summed E-state index contributed by atoms with van der Waals surface area (Å²) in [7, 11) is 1.74. The van der Waals surface area contributed by atoms with Crippen molar-refractivity contribution in [2.45, 2.75) is 32.1 Å². The molecule has 1 nitrogen and oxygen atoms in total. The summed E-state index contributed by atoms with van der Waals surface area (Å²) in [5.74, 6) is 2.02. The summed E-state index contributed by atoms with van der Waals surface area (Å²) in [6, 6.07) is 15.4. The van der Waals surface area contributed by atoms with Gasteiger partial charge in [0.1, 0.15) is 5.75 Å². The van der Waals surface area contributed by atoms with Crippen LogP contribution in [0.3, 0.4) is 0 Å². The molecule has 2 aliphatic rings. The summed E-state index contributed by atoms with van der Waals surface area (Å²) >= 11 is 0. The van der Waals surface area contributed by atoms with Crippen molar-refractivity contribution in [1.29, 1.82) is 0 Å². The van der Waals surface area contributed by atoms with Crippen molar-refractivity contribution in [1.82, 2.24) is 0 Å². The lowest BCUT2D eigenvalue weighted by atomic mass is 9.59. The van der Waals surface area contributed by atoms with E-state index >= 15 is 0 Å². The third-order valence-electron chi connectivity index (χ3n) is 5.85. The molecule has 2 aromatic rings. The maximum Gasteiger partial charge on any atom is 0.119 e. The second-order valence-corrected chi connectivity index (χ2v) is 7.13. The minimum absolute atomic E-state index is 0.128. The number of ether oxygens (including phenoxy) is 1. The van der Waals surface area contributed by atoms with E-state index < -0.39 is 0 Å². The molecule has 0 amide bonds. The molecule has 0 aromatic heterocycles. The fourth-order valence-electron chi connectivity index (χ4n) is 4.23. The zero-order valence-corrected chi connectivity index (χ0v) is 13.7. The highest BCUT2D eigenvalue weighted by atomic mass is 16.5. The average Bonchev–Trinajstić information content (AvgIpc) is 2.92. The van der Waals surface area contributed by atoms with Crippen LogP contribution in [0.5, 0.6) is 5.75 Å². The Kier molecular flexibility index (Phi) is 2.78. The van der Waals surface area contributed by atoms with Crippen molar-refractivity contribution >= 4 is 11.6 Å². The number of hydrogen-bond donors (Lipinski definition) is 0. The molecule has 22 heavy (non-hydrogen) atoms. The Bertz CT molecular complexity index is 782. The van der Waals surface area contributed by atoms with Gasteiger partial charge in [-0.1, -0.05) is 57.2 Å². The number of methoxy groups -OCH3 is 1. The van der Waals surface area contributed by atoms with Gasteiger partial charge in [0, 0.05) is 5.92 Å². The summed E-state index contributed by atoms with van der Waals surface area (Å²) in [6.07, 6.45) is 2.39. The molecule has 112 valence electrons. The van der Waals surface area contributed by atoms with Crippen molar-refractivity contribution in [2.24, 2.45) is 5.92 Å². The molecule has 0 unspecified atom stereocenters. The second-order valence-electron chi connectivity index (χ2n) is 7.13. The van der Waals surface area contributed by atoms with E-state index in [2.05, 4.69) is 69.3 Å². The minimum Gasteiger partial charge on any atom is -0.497 e. The zero-order chi connectivity index (χ0) is 15.5. The van der Waals surface area contributed by atoms with Gasteiger partial charge in [-0.3, -0.25) is 0 Å². The van der Waals surface area contributed by atoms with E-state index in [4.69, 9.17) is 4.74 Å². The smallest absolute Gasteiger partial charge is 0.119 e. The lowest BCUT2D eigenvalue weighted by molar-refractivity contribution is 0.310. The molecule has 2 atom stereocenters. The van der Waals surface area contributed by atoms with Gasteiger partial charge in [-0.15, -0.1) is 0 Å². The second kappa shape index (κ2) is 4.49. The van der Waals surface area contributed by atoms with E-state index in [0.717, 1.165) is 5.75 Å². The number of benzene rings is 2. The molecule has 0 heterocycles. The first kappa shape index (κ1) is 13.6. The normalized spacial score (nSPS) is 24.1. The number of rotatable bonds is 1. The molecule has 4 rings (SSSR count). The van der Waals surface area contributed by atoms with Gasteiger partial charge in [0.25, 0.3) is 0 Å². The summed E-state index contributed by atoms with van der Waals surface area (Å²) in [5.41, 5.74) is 7.28. The maximum absolute atomic E-state index is 5.46. The van der Waals surface area contributed by atoms with Crippen LogP contribution in [0.1, 0.15) is 48.9 Å². The van der Waals surface area contributed by atoms with E-state index in [-0.39, 0.29) is 5.41 Å². The van der Waals surface area contributed by atoms with Crippen molar-refractivity contribution < 1.29 is 4.74 Å². The molecule has 0 N–H and O–H groups in total. The van der Waals surface area contributed by atoms with E-state index in [1.165, 1.54) is 27.8 Å². The van der Waals surface area contributed by atoms with Crippen LogP contribution >= 0.6 is 0 Å². The Hall–Kier alpha value is -2.02. The van der Waals surface area contributed by atoms with Gasteiger partial charge in [-0.05, 0) is 51.3 Å². The van der Waals surface area contributed by atoms with Gasteiger partial charge in [0.2, 0.25) is 0 Å². The minimum atomic E-state index is 0.128. The Labute approximate surface area is 132 Å². The SMILES string of the molecule is COc1ccc2c(c1)C(C)(C)[C@@H](C)[C@@H]1C2=Cc2ccccc21. The summed E-state index contributed by atoms with van der Waals surface area (Å²) in [5, 5.41) is 0. The van der Waals surface area contributed by atoms with Crippen LogP contribution in [0.2, 0.25) is 0 Å². The number of allylic oxidation sites excluding steroid dienone is 1.